The van der Waals surface area contributed by atoms with Gasteiger partial charge in [-0.25, -0.2) is 0 Å². The van der Waals surface area contributed by atoms with E-state index in [0.717, 1.165) is 5.92 Å². The number of hydrogen-bond acceptors (Lipinski definition) is 1. The summed E-state index contributed by atoms with van der Waals surface area (Å²) in [5.41, 5.74) is 0. The van der Waals surface area contributed by atoms with Crippen molar-refractivity contribution < 1.29 is 3.07 Å². The first-order valence-corrected chi connectivity index (χ1v) is 3.50. The van der Waals surface area contributed by atoms with E-state index in [1.54, 1.807) is 0 Å². The van der Waals surface area contributed by atoms with Crippen molar-refractivity contribution in [2.24, 2.45) is 5.92 Å². The molecule has 0 aliphatic heterocycles. The van der Waals surface area contributed by atoms with Gasteiger partial charge in [0.1, 0.15) is 23.0 Å². The predicted molar refractivity (Wildman–Crippen MR) is 37.3 cm³/mol. The summed E-state index contributed by atoms with van der Waals surface area (Å²) in [7, 11) is 0. The van der Waals surface area contributed by atoms with Crippen LogP contribution in [-0.4, -0.2) is 6.10 Å². The third-order valence-electron chi connectivity index (χ3n) is 1.43. The molecule has 0 amide bonds. The lowest BCUT2D eigenvalue weighted by molar-refractivity contribution is 0.276. The van der Waals surface area contributed by atoms with E-state index < -0.39 is 0 Å². The molecule has 0 aromatic heterocycles. The minimum atomic E-state index is 0.501. The van der Waals surface area contributed by atoms with E-state index in [1.165, 1.54) is 12.8 Å². The number of halogens is 1. The highest BCUT2D eigenvalue weighted by molar-refractivity contribution is 14.1. The number of hydrogen-bond donors (Lipinski definition) is 0. The molecule has 0 bridgehead atoms. The lowest BCUT2D eigenvalue weighted by Crippen LogP contribution is -2.01. The number of rotatable bonds is 2. The molecule has 2 heteroatoms. The Morgan fingerprint density at radius 2 is 2.29 bits per heavy atom. The van der Waals surface area contributed by atoms with Crippen LogP contribution in [0.25, 0.3) is 0 Å². The van der Waals surface area contributed by atoms with Crippen molar-refractivity contribution in [2.45, 2.75) is 25.9 Å². The maximum atomic E-state index is 5.04. The van der Waals surface area contributed by atoms with Gasteiger partial charge in [-0.15, -0.1) is 0 Å². The van der Waals surface area contributed by atoms with Crippen LogP contribution in [0.1, 0.15) is 19.8 Å². The molecule has 0 aromatic rings. The summed E-state index contributed by atoms with van der Waals surface area (Å²) < 4.78 is 5.04. The van der Waals surface area contributed by atoms with Gasteiger partial charge in [0.15, 0.2) is 0 Å². The van der Waals surface area contributed by atoms with Crippen LogP contribution < -0.4 is 0 Å². The molecule has 7 heavy (non-hydrogen) atoms. The molecule has 1 aliphatic carbocycles. The van der Waals surface area contributed by atoms with Crippen LogP contribution in [-0.2, 0) is 3.07 Å². The second-order valence-corrected chi connectivity index (χ2v) is 2.64. The van der Waals surface area contributed by atoms with Crippen LogP contribution in [0.2, 0.25) is 0 Å². The Balaban J connectivity index is 2.10. The van der Waals surface area contributed by atoms with Gasteiger partial charge in [-0.1, -0.05) is 0 Å². The fraction of sp³-hybridized carbons (Fsp3) is 1.00. The van der Waals surface area contributed by atoms with Crippen LogP contribution in [0.15, 0.2) is 0 Å². The molecule has 0 radical (unpaired) electrons. The van der Waals surface area contributed by atoms with Crippen molar-refractivity contribution in [2.75, 3.05) is 0 Å². The molecular formula is C5H9IO. The third-order valence-corrected chi connectivity index (χ3v) is 2.23. The fourth-order valence-electron chi connectivity index (χ4n) is 0.638. The van der Waals surface area contributed by atoms with Gasteiger partial charge in [-0.3, -0.25) is 0 Å². The summed E-state index contributed by atoms with van der Waals surface area (Å²) >= 11 is 1.97. The zero-order valence-electron chi connectivity index (χ0n) is 4.36. The highest BCUT2D eigenvalue weighted by Crippen LogP contribution is 2.34. The summed E-state index contributed by atoms with van der Waals surface area (Å²) in [6.45, 7) is 2.13. The van der Waals surface area contributed by atoms with Gasteiger partial charge < -0.3 is 3.07 Å². The van der Waals surface area contributed by atoms with E-state index in [0.29, 0.717) is 6.10 Å². The Morgan fingerprint density at radius 3 is 2.43 bits per heavy atom. The van der Waals surface area contributed by atoms with Crippen LogP contribution >= 0.6 is 23.0 Å². The van der Waals surface area contributed by atoms with Gasteiger partial charge in [-0.05, 0) is 25.7 Å². The first kappa shape index (κ1) is 5.82. The van der Waals surface area contributed by atoms with E-state index in [9.17, 15) is 0 Å². The molecule has 0 saturated heterocycles. The summed E-state index contributed by atoms with van der Waals surface area (Å²) in [5, 5.41) is 0. The maximum Gasteiger partial charge on any atom is 0.110 e. The van der Waals surface area contributed by atoms with Crippen molar-refractivity contribution in [1.82, 2.24) is 0 Å². The summed E-state index contributed by atoms with van der Waals surface area (Å²) in [6.07, 6.45) is 3.26. The van der Waals surface area contributed by atoms with Gasteiger partial charge in [0.2, 0.25) is 0 Å². The average molecular weight is 212 g/mol. The Labute approximate surface area is 58.1 Å². The highest BCUT2D eigenvalue weighted by Gasteiger charge is 2.27. The van der Waals surface area contributed by atoms with Gasteiger partial charge >= 0.3 is 0 Å². The van der Waals surface area contributed by atoms with E-state index in [1.807, 2.05) is 23.0 Å². The van der Waals surface area contributed by atoms with Gasteiger partial charge in [-0.2, -0.15) is 0 Å². The van der Waals surface area contributed by atoms with E-state index in [2.05, 4.69) is 6.92 Å². The minimum Gasteiger partial charge on any atom is -0.312 e. The molecule has 42 valence electrons. The zero-order chi connectivity index (χ0) is 5.28. The van der Waals surface area contributed by atoms with Crippen molar-refractivity contribution in [1.29, 1.82) is 0 Å². The van der Waals surface area contributed by atoms with Crippen LogP contribution in [0, 0.1) is 5.92 Å². The maximum absolute atomic E-state index is 5.04. The summed E-state index contributed by atoms with van der Waals surface area (Å²) in [5.74, 6) is 0.886. The second-order valence-electron chi connectivity index (χ2n) is 2.13. The first-order valence-electron chi connectivity index (χ1n) is 2.62. The van der Waals surface area contributed by atoms with Crippen molar-refractivity contribution in [3.63, 3.8) is 0 Å². The van der Waals surface area contributed by atoms with Crippen molar-refractivity contribution >= 4 is 23.0 Å². The highest BCUT2D eigenvalue weighted by atomic mass is 127. The molecule has 0 aromatic carbocycles. The molecular weight excluding hydrogens is 203 g/mol. The zero-order valence-corrected chi connectivity index (χ0v) is 6.51. The predicted octanol–water partition coefficient (Wildman–Crippen LogP) is 2.15. The van der Waals surface area contributed by atoms with E-state index in [-0.39, 0.29) is 0 Å². The summed E-state index contributed by atoms with van der Waals surface area (Å²) in [6, 6.07) is 0. The molecule has 1 nitrogen and oxygen atoms in total. The fourth-order valence-corrected chi connectivity index (χ4v) is 1.05. The average Bonchev–Trinajstić information content (AvgIpc) is 2.44. The molecule has 1 saturated carbocycles. The quantitative estimate of drug-likeness (QED) is 0.637. The van der Waals surface area contributed by atoms with Crippen LogP contribution in [0.3, 0.4) is 0 Å². The Bertz CT molecular complexity index is 61.1. The molecule has 0 spiro atoms. The molecule has 0 heterocycles. The summed E-state index contributed by atoms with van der Waals surface area (Å²) in [4.78, 5) is 0. The lowest BCUT2D eigenvalue weighted by atomic mass is 10.3. The third kappa shape index (κ3) is 1.57. The normalized spacial score (nSPS) is 24.9. The molecule has 0 N–H and O–H groups in total. The molecule has 1 fully saturated rings. The molecule has 1 atom stereocenters. The van der Waals surface area contributed by atoms with Gasteiger partial charge in [0, 0.05) is 0 Å². The largest absolute Gasteiger partial charge is 0.312 e. The Morgan fingerprint density at radius 1 is 1.71 bits per heavy atom. The van der Waals surface area contributed by atoms with Gasteiger partial charge in [0.25, 0.3) is 0 Å². The van der Waals surface area contributed by atoms with Crippen LogP contribution in [0.4, 0.5) is 0 Å². The Hall–Kier alpha value is 0.690. The van der Waals surface area contributed by atoms with E-state index >= 15 is 0 Å². The SMILES string of the molecule is CC(OI)C1CC1. The van der Waals surface area contributed by atoms with Crippen molar-refractivity contribution in [3.05, 3.63) is 0 Å². The van der Waals surface area contributed by atoms with E-state index in [4.69, 9.17) is 3.07 Å². The second kappa shape index (κ2) is 2.31. The minimum absolute atomic E-state index is 0.501. The monoisotopic (exact) mass is 212 g/mol. The standard InChI is InChI=1S/C5H9IO/c1-4(7-6)5-2-3-5/h4-5H,2-3H2,1H3. The molecule has 1 unspecified atom stereocenters. The lowest BCUT2D eigenvalue weighted by Gasteiger charge is -2.01. The van der Waals surface area contributed by atoms with Crippen LogP contribution in [0.5, 0.6) is 0 Å². The Kier molecular flexibility index (Phi) is 1.92. The van der Waals surface area contributed by atoms with Gasteiger partial charge in [0.05, 0.1) is 6.10 Å². The molecule has 1 aliphatic rings. The van der Waals surface area contributed by atoms with Crippen molar-refractivity contribution in [3.8, 4) is 0 Å². The topological polar surface area (TPSA) is 9.23 Å². The molecule has 1 rings (SSSR count). The first-order chi connectivity index (χ1) is 3.34. The smallest absolute Gasteiger partial charge is 0.110 e.